The summed E-state index contributed by atoms with van der Waals surface area (Å²) in [4.78, 5) is 0.00579. The second kappa shape index (κ2) is 5.35. The van der Waals surface area contributed by atoms with Gasteiger partial charge in [-0.25, -0.2) is 4.39 Å². The van der Waals surface area contributed by atoms with Crippen LogP contribution in [0.1, 0.15) is 16.0 Å². The molecular formula is C15H9Br2FS. The highest BCUT2D eigenvalue weighted by molar-refractivity contribution is 9.10. The van der Waals surface area contributed by atoms with Crippen molar-refractivity contribution in [1.29, 1.82) is 0 Å². The molecule has 1 atom stereocenters. The van der Waals surface area contributed by atoms with Crippen LogP contribution in [0.25, 0.3) is 10.1 Å². The van der Waals surface area contributed by atoms with Gasteiger partial charge in [0.2, 0.25) is 0 Å². The second-order valence-electron chi connectivity index (χ2n) is 4.22. The molecule has 0 amide bonds. The van der Waals surface area contributed by atoms with Crippen molar-refractivity contribution >= 4 is 53.3 Å². The molecule has 96 valence electrons. The van der Waals surface area contributed by atoms with Gasteiger partial charge in [-0.15, -0.1) is 11.3 Å². The minimum atomic E-state index is -0.235. The Bertz CT molecular complexity index is 736. The standard InChI is InChI=1S/C15H9Br2FS/c16-12-6-5-9(7-13(12)18)15(17)11-8-19-14-4-2-1-3-10(11)14/h1-8,15H. The van der Waals surface area contributed by atoms with Crippen molar-refractivity contribution in [1.82, 2.24) is 0 Å². The number of hydrogen-bond acceptors (Lipinski definition) is 1. The van der Waals surface area contributed by atoms with Crippen molar-refractivity contribution < 1.29 is 4.39 Å². The van der Waals surface area contributed by atoms with Crippen molar-refractivity contribution in [2.75, 3.05) is 0 Å². The highest BCUT2D eigenvalue weighted by atomic mass is 79.9. The summed E-state index contributed by atoms with van der Waals surface area (Å²) in [5.41, 5.74) is 2.10. The molecule has 3 rings (SSSR count). The summed E-state index contributed by atoms with van der Waals surface area (Å²) in [6.07, 6.45) is 0. The Morgan fingerprint density at radius 3 is 2.68 bits per heavy atom. The number of benzene rings is 2. The van der Waals surface area contributed by atoms with E-state index in [0.29, 0.717) is 4.47 Å². The SMILES string of the molecule is Fc1cc(C(Br)c2csc3ccccc23)ccc1Br. The number of hydrogen-bond donors (Lipinski definition) is 0. The number of rotatable bonds is 2. The Morgan fingerprint density at radius 1 is 1.11 bits per heavy atom. The Kier molecular flexibility index (Phi) is 3.74. The topological polar surface area (TPSA) is 0 Å². The normalized spacial score (nSPS) is 12.8. The monoisotopic (exact) mass is 398 g/mol. The fraction of sp³-hybridized carbons (Fsp3) is 0.0667. The van der Waals surface area contributed by atoms with Crippen molar-refractivity contribution in [3.8, 4) is 0 Å². The van der Waals surface area contributed by atoms with E-state index in [4.69, 9.17) is 0 Å². The van der Waals surface area contributed by atoms with E-state index in [9.17, 15) is 4.39 Å². The van der Waals surface area contributed by atoms with Crippen molar-refractivity contribution in [2.45, 2.75) is 4.83 Å². The van der Waals surface area contributed by atoms with Crippen LogP contribution in [0, 0.1) is 5.82 Å². The second-order valence-corrected chi connectivity index (χ2v) is 6.90. The van der Waals surface area contributed by atoms with Gasteiger partial charge in [-0.3, -0.25) is 0 Å². The molecule has 4 heteroatoms. The Morgan fingerprint density at radius 2 is 1.89 bits per heavy atom. The van der Waals surface area contributed by atoms with Crippen LogP contribution in [0.4, 0.5) is 4.39 Å². The third kappa shape index (κ3) is 2.49. The third-order valence-electron chi connectivity index (χ3n) is 3.02. The summed E-state index contributed by atoms with van der Waals surface area (Å²) in [5, 5.41) is 3.35. The van der Waals surface area contributed by atoms with E-state index >= 15 is 0 Å². The molecule has 0 aliphatic rings. The van der Waals surface area contributed by atoms with Gasteiger partial charge in [0.05, 0.1) is 9.30 Å². The van der Waals surface area contributed by atoms with Crippen molar-refractivity contribution in [3.05, 3.63) is 69.3 Å². The lowest BCUT2D eigenvalue weighted by atomic mass is 10.0. The van der Waals surface area contributed by atoms with E-state index < -0.39 is 0 Å². The molecule has 0 fully saturated rings. The summed E-state index contributed by atoms with van der Waals surface area (Å²) in [6.45, 7) is 0. The van der Waals surface area contributed by atoms with Gasteiger partial charge in [0.15, 0.2) is 0 Å². The average molecular weight is 400 g/mol. The molecule has 3 aromatic rings. The maximum absolute atomic E-state index is 13.6. The van der Waals surface area contributed by atoms with Gasteiger partial charge in [-0.1, -0.05) is 40.2 Å². The van der Waals surface area contributed by atoms with Crippen LogP contribution in [-0.4, -0.2) is 0 Å². The van der Waals surface area contributed by atoms with Crippen LogP contribution >= 0.6 is 43.2 Å². The molecular weight excluding hydrogens is 391 g/mol. The van der Waals surface area contributed by atoms with Gasteiger partial charge in [-0.2, -0.15) is 0 Å². The van der Waals surface area contributed by atoms with E-state index in [1.54, 1.807) is 23.5 Å². The van der Waals surface area contributed by atoms with Gasteiger partial charge < -0.3 is 0 Å². The van der Waals surface area contributed by atoms with E-state index in [0.717, 1.165) is 5.56 Å². The van der Waals surface area contributed by atoms with Crippen molar-refractivity contribution in [2.24, 2.45) is 0 Å². The Balaban J connectivity index is 2.08. The summed E-state index contributed by atoms with van der Waals surface area (Å²) in [5.74, 6) is -0.235. The summed E-state index contributed by atoms with van der Waals surface area (Å²) >= 11 is 8.57. The third-order valence-corrected chi connectivity index (χ3v) is 5.67. The molecule has 0 saturated carbocycles. The van der Waals surface area contributed by atoms with Gasteiger partial charge in [-0.05, 0) is 56.0 Å². The molecule has 1 unspecified atom stereocenters. The van der Waals surface area contributed by atoms with E-state index in [-0.39, 0.29) is 10.6 Å². The van der Waals surface area contributed by atoms with Gasteiger partial charge in [0.25, 0.3) is 0 Å². The zero-order valence-corrected chi connectivity index (χ0v) is 13.7. The number of fused-ring (bicyclic) bond motifs is 1. The van der Waals surface area contributed by atoms with E-state index in [1.165, 1.54) is 15.6 Å². The van der Waals surface area contributed by atoms with Gasteiger partial charge in [0, 0.05) is 4.70 Å². The summed E-state index contributed by atoms with van der Waals surface area (Å²) < 4.78 is 15.4. The van der Waals surface area contributed by atoms with Crippen LogP contribution in [-0.2, 0) is 0 Å². The molecule has 0 bridgehead atoms. The van der Waals surface area contributed by atoms with Crippen LogP contribution in [0.5, 0.6) is 0 Å². The lowest BCUT2D eigenvalue weighted by Gasteiger charge is -2.10. The van der Waals surface area contributed by atoms with Crippen LogP contribution in [0.2, 0.25) is 0 Å². The Labute approximate surface area is 131 Å². The minimum Gasteiger partial charge on any atom is -0.206 e. The van der Waals surface area contributed by atoms with E-state index in [1.807, 2.05) is 18.2 Å². The molecule has 0 N–H and O–H groups in total. The predicted molar refractivity (Wildman–Crippen MR) is 86.7 cm³/mol. The number of alkyl halides is 1. The zero-order chi connectivity index (χ0) is 13.4. The molecule has 0 spiro atoms. The first-order valence-corrected chi connectivity index (χ1v) is 8.31. The van der Waals surface area contributed by atoms with Crippen LogP contribution < -0.4 is 0 Å². The largest absolute Gasteiger partial charge is 0.206 e. The maximum Gasteiger partial charge on any atom is 0.137 e. The Hall–Kier alpha value is -0.710. The minimum absolute atomic E-state index is 0.00579. The zero-order valence-electron chi connectivity index (χ0n) is 9.74. The van der Waals surface area contributed by atoms with Crippen molar-refractivity contribution in [3.63, 3.8) is 0 Å². The fourth-order valence-corrected chi connectivity index (χ4v) is 4.12. The average Bonchev–Trinajstić information content (AvgIpc) is 2.85. The molecule has 2 aromatic carbocycles. The first-order valence-electron chi connectivity index (χ1n) is 5.72. The highest BCUT2D eigenvalue weighted by Crippen LogP contribution is 2.39. The lowest BCUT2D eigenvalue weighted by molar-refractivity contribution is 0.619. The van der Waals surface area contributed by atoms with Gasteiger partial charge >= 0.3 is 0 Å². The molecule has 1 heterocycles. The van der Waals surface area contributed by atoms with E-state index in [2.05, 4.69) is 49.4 Å². The molecule has 0 saturated heterocycles. The highest BCUT2D eigenvalue weighted by Gasteiger charge is 2.16. The molecule has 1 aromatic heterocycles. The molecule has 0 aliphatic carbocycles. The van der Waals surface area contributed by atoms with Crippen LogP contribution in [0.3, 0.4) is 0 Å². The lowest BCUT2D eigenvalue weighted by Crippen LogP contribution is -1.93. The fourth-order valence-electron chi connectivity index (χ4n) is 2.04. The maximum atomic E-state index is 13.6. The summed E-state index contributed by atoms with van der Waals surface area (Å²) in [6, 6.07) is 13.5. The smallest absolute Gasteiger partial charge is 0.137 e. The number of halogens is 3. The first-order chi connectivity index (χ1) is 9.16. The first kappa shape index (κ1) is 13.3. The quantitative estimate of drug-likeness (QED) is 0.444. The molecule has 0 aliphatic heterocycles. The number of thiophene rings is 1. The predicted octanol–water partition coefficient (Wildman–Crippen LogP) is 6.29. The molecule has 0 radical (unpaired) electrons. The molecule has 19 heavy (non-hydrogen) atoms. The van der Waals surface area contributed by atoms with Crippen LogP contribution in [0.15, 0.2) is 52.3 Å². The molecule has 0 nitrogen and oxygen atoms in total. The van der Waals surface area contributed by atoms with Gasteiger partial charge in [0.1, 0.15) is 5.82 Å². The summed E-state index contributed by atoms with van der Waals surface area (Å²) in [7, 11) is 0.